The van der Waals surface area contributed by atoms with Gasteiger partial charge in [-0.2, -0.15) is 5.26 Å². The second-order valence-corrected chi connectivity index (χ2v) is 6.98. The Morgan fingerprint density at radius 1 is 1.03 bits per heavy atom. The molecule has 2 aromatic carbocycles. The molecule has 0 spiro atoms. The zero-order valence-electron chi connectivity index (χ0n) is 17.1. The highest BCUT2D eigenvalue weighted by molar-refractivity contribution is 6.21. The van der Waals surface area contributed by atoms with Gasteiger partial charge in [0.05, 0.1) is 29.3 Å². The van der Waals surface area contributed by atoms with Gasteiger partial charge in [0.15, 0.2) is 6.61 Å². The van der Waals surface area contributed by atoms with Crippen LogP contribution in [0.3, 0.4) is 0 Å². The average Bonchev–Trinajstić information content (AvgIpc) is 3.04. The third-order valence-corrected chi connectivity index (χ3v) is 4.89. The fraction of sp³-hybridized carbons (Fsp3) is 0.261. The third-order valence-electron chi connectivity index (χ3n) is 4.89. The molecule has 0 aromatic heterocycles. The van der Waals surface area contributed by atoms with E-state index in [4.69, 9.17) is 10.00 Å². The van der Waals surface area contributed by atoms with Crippen LogP contribution in [0.15, 0.2) is 48.5 Å². The molecule has 164 valence electrons. The number of anilines is 1. The van der Waals surface area contributed by atoms with Gasteiger partial charge < -0.3 is 9.64 Å². The topological polar surface area (TPSA) is 108 Å². The summed E-state index contributed by atoms with van der Waals surface area (Å²) < 4.78 is 19.0. The number of imide groups is 1. The van der Waals surface area contributed by atoms with Crippen molar-refractivity contribution in [1.82, 2.24) is 4.90 Å². The molecule has 8 nitrogen and oxygen atoms in total. The van der Waals surface area contributed by atoms with E-state index in [9.17, 15) is 23.6 Å². The average molecular weight is 437 g/mol. The molecule has 0 saturated carbocycles. The molecule has 0 atom stereocenters. The number of rotatable bonds is 9. The fourth-order valence-electron chi connectivity index (χ4n) is 3.33. The summed E-state index contributed by atoms with van der Waals surface area (Å²) in [6.45, 7) is -0.627. The summed E-state index contributed by atoms with van der Waals surface area (Å²) in [5, 5.41) is 8.79. The number of carbonyl (C=O) groups excluding carboxylic acids is 4. The van der Waals surface area contributed by atoms with Gasteiger partial charge in [0.2, 0.25) is 0 Å². The first kappa shape index (κ1) is 22.6. The van der Waals surface area contributed by atoms with Crippen molar-refractivity contribution in [3.05, 3.63) is 65.5 Å². The Morgan fingerprint density at radius 3 is 2.28 bits per heavy atom. The van der Waals surface area contributed by atoms with Gasteiger partial charge in [-0.05, 0) is 30.7 Å². The number of para-hydroxylation sites is 1. The van der Waals surface area contributed by atoms with Crippen LogP contribution >= 0.6 is 0 Å². The van der Waals surface area contributed by atoms with Crippen LogP contribution in [0.25, 0.3) is 0 Å². The molecular weight excluding hydrogens is 417 g/mol. The summed E-state index contributed by atoms with van der Waals surface area (Å²) >= 11 is 0. The van der Waals surface area contributed by atoms with Crippen molar-refractivity contribution in [3.63, 3.8) is 0 Å². The zero-order valence-corrected chi connectivity index (χ0v) is 17.1. The van der Waals surface area contributed by atoms with E-state index in [0.717, 1.165) is 9.80 Å². The lowest BCUT2D eigenvalue weighted by Crippen LogP contribution is -2.36. The monoisotopic (exact) mass is 437 g/mol. The third kappa shape index (κ3) is 4.98. The molecule has 0 aliphatic carbocycles. The first-order chi connectivity index (χ1) is 15.4. The number of hydrogen-bond donors (Lipinski definition) is 0. The first-order valence-electron chi connectivity index (χ1n) is 9.96. The molecular formula is C23H20FN3O5. The van der Waals surface area contributed by atoms with Crippen molar-refractivity contribution < 1.29 is 28.3 Å². The smallest absolute Gasteiger partial charge is 0.306 e. The van der Waals surface area contributed by atoms with Crippen LogP contribution < -0.4 is 4.90 Å². The molecule has 0 fully saturated rings. The molecule has 0 saturated heterocycles. The second-order valence-electron chi connectivity index (χ2n) is 6.98. The lowest BCUT2D eigenvalue weighted by Gasteiger charge is -2.22. The summed E-state index contributed by atoms with van der Waals surface area (Å²) in [5.74, 6) is -2.81. The minimum absolute atomic E-state index is 0.00516. The normalized spacial score (nSPS) is 12.3. The van der Waals surface area contributed by atoms with Gasteiger partial charge >= 0.3 is 5.97 Å². The highest BCUT2D eigenvalue weighted by Crippen LogP contribution is 2.23. The molecule has 0 unspecified atom stereocenters. The van der Waals surface area contributed by atoms with Gasteiger partial charge in [-0.1, -0.05) is 24.3 Å². The van der Waals surface area contributed by atoms with Crippen molar-refractivity contribution in [1.29, 1.82) is 5.26 Å². The molecule has 32 heavy (non-hydrogen) atoms. The van der Waals surface area contributed by atoms with E-state index in [-0.39, 0.29) is 38.0 Å². The summed E-state index contributed by atoms with van der Waals surface area (Å²) in [7, 11) is 0. The van der Waals surface area contributed by atoms with Gasteiger partial charge in [-0.25, -0.2) is 4.39 Å². The van der Waals surface area contributed by atoms with Crippen molar-refractivity contribution in [3.8, 4) is 6.07 Å². The minimum Gasteiger partial charge on any atom is -0.456 e. The van der Waals surface area contributed by atoms with Gasteiger partial charge in [0.25, 0.3) is 17.7 Å². The maximum absolute atomic E-state index is 14.1. The fourth-order valence-corrected chi connectivity index (χ4v) is 3.33. The number of halogens is 1. The molecule has 0 N–H and O–H groups in total. The Labute approximate surface area is 183 Å². The zero-order chi connectivity index (χ0) is 23.1. The number of amides is 3. The van der Waals surface area contributed by atoms with Crippen LogP contribution in [-0.4, -0.2) is 48.3 Å². The van der Waals surface area contributed by atoms with Crippen molar-refractivity contribution in [2.45, 2.75) is 19.3 Å². The molecule has 0 radical (unpaired) electrons. The molecule has 0 bridgehead atoms. The highest BCUT2D eigenvalue weighted by Gasteiger charge is 2.34. The number of carbonyl (C=O) groups is 4. The van der Waals surface area contributed by atoms with E-state index in [1.807, 2.05) is 6.07 Å². The van der Waals surface area contributed by atoms with Gasteiger partial charge in [-0.15, -0.1) is 0 Å². The van der Waals surface area contributed by atoms with E-state index < -0.39 is 36.1 Å². The SMILES string of the molecule is N#CCCN(C(=O)COC(=O)CCCN1C(=O)c2ccccc2C1=O)c1ccccc1F. The van der Waals surface area contributed by atoms with E-state index >= 15 is 0 Å². The highest BCUT2D eigenvalue weighted by atomic mass is 19.1. The van der Waals surface area contributed by atoms with Crippen molar-refractivity contribution >= 4 is 29.4 Å². The Bertz CT molecular complexity index is 1060. The molecule has 9 heteroatoms. The Hall–Kier alpha value is -4.06. The molecule has 1 aliphatic heterocycles. The predicted molar refractivity (Wildman–Crippen MR) is 111 cm³/mol. The largest absolute Gasteiger partial charge is 0.456 e. The van der Waals surface area contributed by atoms with E-state index in [0.29, 0.717) is 11.1 Å². The molecule has 3 amide bonds. The van der Waals surface area contributed by atoms with E-state index in [2.05, 4.69) is 0 Å². The molecule has 1 aliphatic rings. The number of fused-ring (bicyclic) bond motifs is 1. The van der Waals surface area contributed by atoms with Crippen LogP contribution in [-0.2, 0) is 14.3 Å². The minimum atomic E-state index is -0.691. The summed E-state index contributed by atoms with van der Waals surface area (Å²) in [5.41, 5.74) is 0.655. The van der Waals surface area contributed by atoms with Gasteiger partial charge in [0.1, 0.15) is 5.82 Å². The van der Waals surface area contributed by atoms with Crippen LogP contribution in [0, 0.1) is 17.1 Å². The van der Waals surface area contributed by atoms with Gasteiger partial charge in [-0.3, -0.25) is 24.1 Å². The quantitative estimate of drug-likeness (QED) is 0.441. The Kier molecular flexibility index (Phi) is 7.29. The van der Waals surface area contributed by atoms with Crippen molar-refractivity contribution in [2.24, 2.45) is 0 Å². The van der Waals surface area contributed by atoms with Crippen molar-refractivity contribution in [2.75, 3.05) is 24.6 Å². The standard InChI is InChI=1S/C23H20FN3O5/c24-18-9-3-4-10-19(18)26(14-6-12-25)20(28)15-32-21(29)11-5-13-27-22(30)16-7-1-2-8-17(16)23(27)31/h1-4,7-10H,5-6,11,13-15H2. The molecule has 2 aromatic rings. The number of hydrogen-bond acceptors (Lipinski definition) is 6. The maximum Gasteiger partial charge on any atom is 0.306 e. The Morgan fingerprint density at radius 2 is 1.66 bits per heavy atom. The molecule has 3 rings (SSSR count). The number of esters is 1. The van der Waals surface area contributed by atoms with E-state index in [1.165, 1.54) is 18.2 Å². The summed E-state index contributed by atoms with van der Waals surface area (Å²) in [6.07, 6.45) is 0.0385. The lowest BCUT2D eigenvalue weighted by atomic mass is 10.1. The second kappa shape index (κ2) is 10.3. The number of nitrogens with zero attached hydrogens (tertiary/aromatic N) is 3. The predicted octanol–water partition coefficient (Wildman–Crippen LogP) is 2.69. The van der Waals surface area contributed by atoms with Crippen LogP contribution in [0.2, 0.25) is 0 Å². The van der Waals surface area contributed by atoms with E-state index in [1.54, 1.807) is 30.3 Å². The van der Waals surface area contributed by atoms with Crippen LogP contribution in [0.5, 0.6) is 0 Å². The van der Waals surface area contributed by atoms with Crippen LogP contribution in [0.4, 0.5) is 10.1 Å². The summed E-state index contributed by atoms with van der Waals surface area (Å²) in [6, 6.07) is 14.0. The summed E-state index contributed by atoms with van der Waals surface area (Å²) in [4.78, 5) is 51.3. The maximum atomic E-state index is 14.1. The number of nitriles is 1. The Balaban J connectivity index is 1.49. The lowest BCUT2D eigenvalue weighted by molar-refractivity contribution is -0.148. The number of ether oxygens (including phenoxy) is 1. The van der Waals surface area contributed by atoms with Crippen LogP contribution in [0.1, 0.15) is 40.0 Å². The van der Waals surface area contributed by atoms with Gasteiger partial charge in [0, 0.05) is 19.5 Å². The first-order valence-corrected chi connectivity index (χ1v) is 9.96. The molecule has 1 heterocycles. The number of benzene rings is 2.